The van der Waals surface area contributed by atoms with E-state index in [1.54, 1.807) is 0 Å². The summed E-state index contributed by atoms with van der Waals surface area (Å²) in [5.74, 6) is 0.0974. The number of alkyl halides is 2. The zero-order chi connectivity index (χ0) is 19.0. The van der Waals surface area contributed by atoms with Gasteiger partial charge < -0.3 is 10.6 Å². The van der Waals surface area contributed by atoms with E-state index in [-0.39, 0.29) is 41.0 Å². The van der Waals surface area contributed by atoms with Gasteiger partial charge in [-0.3, -0.25) is 21.3 Å². The fraction of sp³-hybridized carbons (Fsp3) is 0.944. The summed E-state index contributed by atoms with van der Waals surface area (Å²) < 4.78 is 0. The zero-order valence-corrected chi connectivity index (χ0v) is 17.2. The summed E-state index contributed by atoms with van der Waals surface area (Å²) in [6.07, 6.45) is 4.16. The van der Waals surface area contributed by atoms with Gasteiger partial charge in [0.25, 0.3) is 0 Å². The average molecular weight is 416 g/mol. The van der Waals surface area contributed by atoms with E-state index >= 15 is 0 Å². The van der Waals surface area contributed by atoms with Crippen LogP contribution in [0.2, 0.25) is 0 Å². The van der Waals surface area contributed by atoms with Gasteiger partial charge in [0.2, 0.25) is 0 Å². The molecule has 0 aromatic rings. The van der Waals surface area contributed by atoms with E-state index in [4.69, 9.17) is 23.2 Å². The fourth-order valence-corrected chi connectivity index (χ4v) is 6.27. The van der Waals surface area contributed by atoms with Crippen LogP contribution >= 0.6 is 23.2 Å². The predicted octanol–water partition coefficient (Wildman–Crippen LogP) is 0.171. The molecule has 6 N–H and O–H groups in total. The standard InChI is InChI=1S/C18H31Cl2N7/c1-9-4-14(24-8-23-9)26-18-16-13(2-3-22-18)25-17(27-16)15-11(19)5-10(7-21)6-12(15)20/h9-18,22-27H,2-6,8H2,1H3. The van der Waals surface area contributed by atoms with E-state index in [2.05, 4.69) is 44.9 Å². The second-order valence-corrected chi connectivity index (χ2v) is 9.63. The Balaban J connectivity index is 1.39. The SMILES string of the molecule is CC1CC(NC2NCCC3NC(C4C(Cl)CC(C#N)CC4Cl)NC32)NCN1. The third kappa shape index (κ3) is 4.39. The number of rotatable bonds is 3. The smallest absolute Gasteiger partial charge is 0.0758 e. The third-order valence-corrected chi connectivity index (χ3v) is 7.51. The molecule has 0 aromatic carbocycles. The molecule has 4 fully saturated rings. The van der Waals surface area contributed by atoms with Crippen molar-refractivity contribution in [3.05, 3.63) is 0 Å². The maximum absolute atomic E-state index is 9.23. The van der Waals surface area contributed by atoms with Crippen molar-refractivity contribution in [2.75, 3.05) is 13.2 Å². The van der Waals surface area contributed by atoms with Gasteiger partial charge in [-0.1, -0.05) is 0 Å². The molecule has 0 radical (unpaired) electrons. The minimum atomic E-state index is -0.0812. The van der Waals surface area contributed by atoms with E-state index < -0.39 is 0 Å². The van der Waals surface area contributed by atoms with Crippen LogP contribution in [-0.2, 0) is 0 Å². The minimum absolute atomic E-state index is 0.0287. The molecule has 4 rings (SSSR count). The van der Waals surface area contributed by atoms with Gasteiger partial charge in [0.1, 0.15) is 0 Å². The lowest BCUT2D eigenvalue weighted by molar-refractivity contribution is 0.197. The number of hydrogen-bond donors (Lipinski definition) is 6. The first kappa shape index (κ1) is 20.1. The summed E-state index contributed by atoms with van der Waals surface area (Å²) in [4.78, 5) is 0. The van der Waals surface area contributed by atoms with Gasteiger partial charge in [-0.2, -0.15) is 5.26 Å². The van der Waals surface area contributed by atoms with Crippen molar-refractivity contribution in [2.24, 2.45) is 11.8 Å². The molecule has 8 atom stereocenters. The van der Waals surface area contributed by atoms with Crippen molar-refractivity contribution in [3.63, 3.8) is 0 Å². The van der Waals surface area contributed by atoms with E-state index in [9.17, 15) is 5.26 Å². The molecule has 4 aliphatic rings. The predicted molar refractivity (Wildman–Crippen MR) is 107 cm³/mol. The number of fused-ring (bicyclic) bond motifs is 1. The maximum atomic E-state index is 9.23. The summed E-state index contributed by atoms with van der Waals surface area (Å²) in [6, 6.07) is 3.54. The molecule has 1 saturated carbocycles. The number of hydrogen-bond acceptors (Lipinski definition) is 7. The molecular formula is C18H31Cl2N7. The Labute approximate surface area is 171 Å². The molecule has 152 valence electrons. The molecule has 0 spiro atoms. The summed E-state index contributed by atoms with van der Waals surface area (Å²) in [7, 11) is 0. The van der Waals surface area contributed by atoms with Crippen LogP contribution in [0.15, 0.2) is 0 Å². The lowest BCUT2D eigenvalue weighted by Gasteiger charge is -2.40. The monoisotopic (exact) mass is 415 g/mol. The third-order valence-electron chi connectivity index (χ3n) is 6.57. The van der Waals surface area contributed by atoms with Gasteiger partial charge in [-0.25, -0.2) is 0 Å². The highest BCUT2D eigenvalue weighted by Crippen LogP contribution is 2.38. The number of piperidine rings is 1. The maximum Gasteiger partial charge on any atom is 0.0758 e. The summed E-state index contributed by atoms with van der Waals surface area (Å²) in [6.45, 7) is 4.03. The first-order chi connectivity index (χ1) is 13.0. The number of halogens is 2. The van der Waals surface area contributed by atoms with E-state index in [0.29, 0.717) is 18.2 Å². The number of nitrogens with one attached hydrogen (secondary N) is 6. The Hall–Kier alpha value is -0.170. The fourth-order valence-electron chi connectivity index (χ4n) is 5.13. The van der Waals surface area contributed by atoms with E-state index in [1.807, 2.05) is 0 Å². The van der Waals surface area contributed by atoms with E-state index in [1.165, 1.54) is 0 Å². The lowest BCUT2D eigenvalue weighted by Crippen LogP contribution is -2.68. The highest BCUT2D eigenvalue weighted by molar-refractivity contribution is 6.24. The van der Waals surface area contributed by atoms with Gasteiger partial charge in [-0.15, -0.1) is 23.2 Å². The Bertz CT molecular complexity index is 546. The van der Waals surface area contributed by atoms with Crippen molar-refractivity contribution < 1.29 is 0 Å². The topological polar surface area (TPSA) is 96.0 Å². The van der Waals surface area contributed by atoms with Crippen molar-refractivity contribution in [1.82, 2.24) is 31.9 Å². The first-order valence-electron chi connectivity index (χ1n) is 10.2. The van der Waals surface area contributed by atoms with Crippen LogP contribution in [0.25, 0.3) is 0 Å². The lowest BCUT2D eigenvalue weighted by atomic mass is 9.80. The largest absolute Gasteiger partial charge is 0.302 e. The molecule has 3 saturated heterocycles. The Morgan fingerprint density at radius 3 is 2.52 bits per heavy atom. The molecule has 9 heteroatoms. The molecule has 0 bridgehead atoms. The second kappa shape index (κ2) is 8.68. The van der Waals surface area contributed by atoms with Crippen molar-refractivity contribution in [2.45, 2.75) is 80.0 Å². The molecule has 3 aliphatic heterocycles. The highest BCUT2D eigenvalue weighted by Gasteiger charge is 2.48. The normalized spacial score (nSPS) is 50.7. The summed E-state index contributed by atoms with van der Waals surface area (Å²) in [5, 5.41) is 30.9. The Kier molecular flexibility index (Phi) is 6.47. The molecule has 27 heavy (non-hydrogen) atoms. The van der Waals surface area contributed by atoms with Crippen LogP contribution in [0.3, 0.4) is 0 Å². The van der Waals surface area contributed by atoms with Crippen LogP contribution in [0.4, 0.5) is 0 Å². The molecule has 8 unspecified atom stereocenters. The van der Waals surface area contributed by atoms with Crippen LogP contribution in [0.5, 0.6) is 0 Å². The minimum Gasteiger partial charge on any atom is -0.302 e. The van der Waals surface area contributed by atoms with Crippen molar-refractivity contribution in [3.8, 4) is 6.07 Å². The van der Waals surface area contributed by atoms with Crippen LogP contribution in [0.1, 0.15) is 32.6 Å². The quantitative estimate of drug-likeness (QED) is 0.365. The molecule has 0 aromatic heterocycles. The molecular weight excluding hydrogens is 385 g/mol. The van der Waals surface area contributed by atoms with Gasteiger partial charge >= 0.3 is 0 Å². The Morgan fingerprint density at radius 2 is 1.81 bits per heavy atom. The first-order valence-corrected chi connectivity index (χ1v) is 11.1. The summed E-state index contributed by atoms with van der Waals surface area (Å²) in [5.41, 5.74) is 0. The molecule has 3 heterocycles. The number of nitriles is 1. The van der Waals surface area contributed by atoms with E-state index in [0.717, 1.165) is 38.9 Å². The van der Waals surface area contributed by atoms with Gasteiger partial charge in [-0.05, 0) is 39.2 Å². The van der Waals surface area contributed by atoms with Crippen LogP contribution in [0, 0.1) is 23.2 Å². The van der Waals surface area contributed by atoms with Crippen LogP contribution < -0.4 is 31.9 Å². The van der Waals surface area contributed by atoms with Gasteiger partial charge in [0, 0.05) is 41.3 Å². The molecule has 1 aliphatic carbocycles. The number of nitrogens with zero attached hydrogens (tertiary/aromatic N) is 1. The zero-order valence-electron chi connectivity index (χ0n) is 15.7. The Morgan fingerprint density at radius 1 is 1.04 bits per heavy atom. The summed E-state index contributed by atoms with van der Waals surface area (Å²) >= 11 is 13.3. The molecule has 7 nitrogen and oxygen atoms in total. The molecule has 0 amide bonds. The van der Waals surface area contributed by atoms with Crippen molar-refractivity contribution >= 4 is 23.2 Å². The highest BCUT2D eigenvalue weighted by atomic mass is 35.5. The second-order valence-electron chi connectivity index (χ2n) is 8.51. The van der Waals surface area contributed by atoms with Crippen LogP contribution in [-0.4, -0.2) is 60.6 Å². The van der Waals surface area contributed by atoms with Crippen molar-refractivity contribution in [1.29, 1.82) is 5.26 Å². The average Bonchev–Trinajstić information content (AvgIpc) is 3.05. The van der Waals surface area contributed by atoms with Gasteiger partial charge in [0.05, 0.1) is 30.6 Å². The van der Waals surface area contributed by atoms with Gasteiger partial charge in [0.15, 0.2) is 0 Å².